The molecular weight excluding hydrogens is 395 g/mol. The maximum absolute atomic E-state index is 13.4. The van der Waals surface area contributed by atoms with Crippen molar-refractivity contribution in [2.75, 3.05) is 6.54 Å². The van der Waals surface area contributed by atoms with Gasteiger partial charge in [-0.05, 0) is 48.4 Å². The molecule has 31 heavy (non-hydrogen) atoms. The normalized spacial score (nSPS) is 18.7. The molecule has 1 fully saturated rings. The van der Waals surface area contributed by atoms with Crippen molar-refractivity contribution in [2.24, 2.45) is 0 Å². The fourth-order valence-corrected chi connectivity index (χ4v) is 4.56. The van der Waals surface area contributed by atoms with E-state index in [-0.39, 0.29) is 36.3 Å². The molecule has 0 saturated carbocycles. The highest BCUT2D eigenvalue weighted by molar-refractivity contribution is 5.95. The molecule has 4 aromatic rings. The summed E-state index contributed by atoms with van der Waals surface area (Å²) in [5.41, 5.74) is 2.12. The van der Waals surface area contributed by atoms with E-state index in [1.54, 1.807) is 29.2 Å². The van der Waals surface area contributed by atoms with Gasteiger partial charge < -0.3 is 14.6 Å². The first-order chi connectivity index (χ1) is 15.0. The summed E-state index contributed by atoms with van der Waals surface area (Å²) in [4.78, 5) is 28.0. The third kappa shape index (κ3) is 3.39. The van der Waals surface area contributed by atoms with Gasteiger partial charge in [0.25, 0.3) is 0 Å². The molecule has 156 valence electrons. The number of nitrogens with zero attached hydrogens (tertiary/aromatic N) is 2. The first-order valence-corrected chi connectivity index (χ1v) is 10.3. The minimum Gasteiger partial charge on any atom is -0.391 e. The number of amides is 1. The second-order valence-electron chi connectivity index (χ2n) is 7.95. The number of aliphatic hydroxyl groups is 1. The average Bonchev–Trinajstić information content (AvgIpc) is 3.19. The van der Waals surface area contributed by atoms with Crippen molar-refractivity contribution >= 4 is 27.7 Å². The molecule has 5 nitrogen and oxygen atoms in total. The van der Waals surface area contributed by atoms with Crippen LogP contribution >= 0.6 is 0 Å². The SMILES string of the molecule is O=C(Cn1c2ccccc2c(=O)c2ccccc21)N1CC(O)CC1c1ccc(F)cc1. The number of aliphatic hydroxyl groups excluding tert-OH is 1. The molecular formula is C25H21FN2O3. The van der Waals surface area contributed by atoms with Gasteiger partial charge in [0, 0.05) is 17.3 Å². The molecule has 2 heterocycles. The van der Waals surface area contributed by atoms with Gasteiger partial charge in [-0.15, -0.1) is 0 Å². The van der Waals surface area contributed by atoms with Crippen molar-refractivity contribution in [3.05, 3.63) is 94.4 Å². The van der Waals surface area contributed by atoms with E-state index in [1.807, 2.05) is 41.0 Å². The number of benzene rings is 3. The summed E-state index contributed by atoms with van der Waals surface area (Å²) >= 11 is 0. The second-order valence-corrected chi connectivity index (χ2v) is 7.95. The molecule has 1 aromatic heterocycles. The summed E-state index contributed by atoms with van der Waals surface area (Å²) < 4.78 is 15.2. The third-order valence-corrected chi connectivity index (χ3v) is 6.03. The fraction of sp³-hybridized carbons (Fsp3) is 0.200. The first-order valence-electron chi connectivity index (χ1n) is 10.3. The number of carbonyl (C=O) groups is 1. The highest BCUT2D eigenvalue weighted by Gasteiger charge is 2.35. The standard InChI is InChI=1S/C25H21FN2O3/c26-17-11-9-16(10-12-17)23-13-18(29)14-28(23)24(30)15-27-21-7-3-1-5-19(21)25(31)20-6-2-4-8-22(20)27/h1-12,18,23,29H,13-15H2. The molecule has 0 bridgehead atoms. The predicted octanol–water partition coefficient (Wildman–Crippen LogP) is 3.63. The van der Waals surface area contributed by atoms with Gasteiger partial charge >= 0.3 is 0 Å². The van der Waals surface area contributed by atoms with E-state index in [4.69, 9.17) is 0 Å². The number of halogens is 1. The fourth-order valence-electron chi connectivity index (χ4n) is 4.56. The Balaban J connectivity index is 1.57. The van der Waals surface area contributed by atoms with E-state index < -0.39 is 6.10 Å². The van der Waals surface area contributed by atoms with Gasteiger partial charge in [-0.25, -0.2) is 4.39 Å². The van der Waals surface area contributed by atoms with Crippen molar-refractivity contribution in [3.63, 3.8) is 0 Å². The summed E-state index contributed by atoms with van der Waals surface area (Å²) in [5.74, 6) is -0.504. The maximum atomic E-state index is 13.4. The van der Waals surface area contributed by atoms with Gasteiger partial charge in [-0.1, -0.05) is 36.4 Å². The van der Waals surface area contributed by atoms with Crippen LogP contribution in [0.1, 0.15) is 18.0 Å². The highest BCUT2D eigenvalue weighted by atomic mass is 19.1. The number of pyridine rings is 1. The monoisotopic (exact) mass is 416 g/mol. The molecule has 1 amide bonds. The van der Waals surface area contributed by atoms with E-state index in [0.717, 1.165) is 5.56 Å². The van der Waals surface area contributed by atoms with Crippen LogP contribution in [0.4, 0.5) is 4.39 Å². The molecule has 2 unspecified atom stereocenters. The number of fused-ring (bicyclic) bond motifs is 2. The number of aromatic nitrogens is 1. The molecule has 1 saturated heterocycles. The van der Waals surface area contributed by atoms with Crippen molar-refractivity contribution in [1.82, 2.24) is 9.47 Å². The Morgan fingerprint density at radius 3 is 2.13 bits per heavy atom. The van der Waals surface area contributed by atoms with Crippen LogP contribution in [0.15, 0.2) is 77.6 Å². The number of hydrogen-bond donors (Lipinski definition) is 1. The number of likely N-dealkylation sites (tertiary alicyclic amines) is 1. The number of para-hydroxylation sites is 2. The topological polar surface area (TPSA) is 62.5 Å². The Labute approximate surface area is 178 Å². The molecule has 0 aliphatic carbocycles. The lowest BCUT2D eigenvalue weighted by Gasteiger charge is -2.26. The molecule has 0 spiro atoms. The van der Waals surface area contributed by atoms with Crippen LogP contribution in [0.5, 0.6) is 0 Å². The lowest BCUT2D eigenvalue weighted by atomic mass is 10.0. The van der Waals surface area contributed by atoms with Crippen molar-refractivity contribution in [2.45, 2.75) is 25.1 Å². The lowest BCUT2D eigenvalue weighted by Crippen LogP contribution is -2.35. The third-order valence-electron chi connectivity index (χ3n) is 6.03. The minimum atomic E-state index is -0.637. The molecule has 1 N–H and O–H groups in total. The summed E-state index contributed by atoms with van der Waals surface area (Å²) in [7, 11) is 0. The molecule has 1 aliphatic heterocycles. The van der Waals surface area contributed by atoms with Crippen LogP contribution in [0.2, 0.25) is 0 Å². The first kappa shape index (κ1) is 19.5. The Morgan fingerprint density at radius 2 is 1.52 bits per heavy atom. The van der Waals surface area contributed by atoms with Crippen molar-refractivity contribution < 1.29 is 14.3 Å². The maximum Gasteiger partial charge on any atom is 0.243 e. The Bertz CT molecular complexity index is 1290. The van der Waals surface area contributed by atoms with E-state index in [0.29, 0.717) is 28.2 Å². The molecule has 2 atom stereocenters. The zero-order chi connectivity index (χ0) is 21.5. The zero-order valence-corrected chi connectivity index (χ0v) is 16.7. The highest BCUT2D eigenvalue weighted by Crippen LogP contribution is 2.33. The summed E-state index contributed by atoms with van der Waals surface area (Å²) in [6.45, 7) is 0.253. The Morgan fingerprint density at radius 1 is 0.935 bits per heavy atom. The second kappa shape index (κ2) is 7.63. The summed E-state index contributed by atoms with van der Waals surface area (Å²) in [6.07, 6.45) is -0.232. The number of hydrogen-bond acceptors (Lipinski definition) is 3. The largest absolute Gasteiger partial charge is 0.391 e. The van der Waals surface area contributed by atoms with Crippen LogP contribution in [0.3, 0.4) is 0 Å². The smallest absolute Gasteiger partial charge is 0.243 e. The van der Waals surface area contributed by atoms with Crippen LogP contribution in [0.25, 0.3) is 21.8 Å². The molecule has 3 aromatic carbocycles. The molecule has 1 aliphatic rings. The number of rotatable bonds is 3. The van der Waals surface area contributed by atoms with Crippen LogP contribution in [-0.4, -0.2) is 33.1 Å². The van der Waals surface area contributed by atoms with E-state index in [1.165, 1.54) is 12.1 Å². The molecule has 5 rings (SSSR count). The molecule has 6 heteroatoms. The summed E-state index contributed by atoms with van der Waals surface area (Å²) in [5, 5.41) is 11.4. The Kier molecular flexibility index (Phi) is 4.79. The van der Waals surface area contributed by atoms with Crippen molar-refractivity contribution in [3.8, 4) is 0 Å². The molecule has 0 radical (unpaired) electrons. The number of carbonyl (C=O) groups excluding carboxylic acids is 1. The van der Waals surface area contributed by atoms with Gasteiger partial charge in [0.1, 0.15) is 12.4 Å². The van der Waals surface area contributed by atoms with Gasteiger partial charge in [0.05, 0.1) is 23.2 Å². The predicted molar refractivity (Wildman–Crippen MR) is 117 cm³/mol. The van der Waals surface area contributed by atoms with Gasteiger partial charge in [-0.2, -0.15) is 0 Å². The Hall–Kier alpha value is -3.51. The average molecular weight is 416 g/mol. The van der Waals surface area contributed by atoms with Gasteiger partial charge in [-0.3, -0.25) is 9.59 Å². The lowest BCUT2D eigenvalue weighted by molar-refractivity contribution is -0.133. The van der Waals surface area contributed by atoms with Crippen molar-refractivity contribution in [1.29, 1.82) is 0 Å². The van der Waals surface area contributed by atoms with E-state index in [9.17, 15) is 19.1 Å². The quantitative estimate of drug-likeness (QED) is 0.519. The van der Waals surface area contributed by atoms with E-state index in [2.05, 4.69) is 0 Å². The van der Waals surface area contributed by atoms with Crippen LogP contribution in [0, 0.1) is 5.82 Å². The van der Waals surface area contributed by atoms with Gasteiger partial charge in [0.2, 0.25) is 5.91 Å². The van der Waals surface area contributed by atoms with E-state index >= 15 is 0 Å². The van der Waals surface area contributed by atoms with Crippen LogP contribution < -0.4 is 5.43 Å². The van der Waals surface area contributed by atoms with Gasteiger partial charge in [0.15, 0.2) is 5.43 Å². The van der Waals surface area contributed by atoms with Crippen LogP contribution in [-0.2, 0) is 11.3 Å². The minimum absolute atomic E-state index is 0.0335. The summed E-state index contributed by atoms with van der Waals surface area (Å²) in [6, 6.07) is 20.3. The number of β-amino-alcohol motifs (C(OH)–C–C–N with tert-alkyl or cyclic N) is 1. The zero-order valence-electron chi connectivity index (χ0n) is 16.7.